The number of carbonyl (C=O) groups excluding carboxylic acids is 3. The van der Waals surface area contributed by atoms with E-state index in [1.165, 1.54) is 29.3 Å². The zero-order valence-electron chi connectivity index (χ0n) is 13.7. The van der Waals surface area contributed by atoms with Crippen molar-refractivity contribution in [2.24, 2.45) is 10.1 Å². The minimum Gasteiger partial charge on any atom is -0.452 e. The van der Waals surface area contributed by atoms with Crippen LogP contribution < -0.4 is 11.1 Å². The SMILES string of the molecule is NC(=O)c1ccsc1NC(=O)COC(=O)C1=CN2CCS(=O)(=O)N=C2C=C1. The van der Waals surface area contributed by atoms with Crippen LogP contribution in [0.4, 0.5) is 5.00 Å². The van der Waals surface area contributed by atoms with E-state index in [2.05, 4.69) is 9.71 Å². The number of carbonyl (C=O) groups is 3. The van der Waals surface area contributed by atoms with Crippen LogP contribution in [0.3, 0.4) is 0 Å². The summed E-state index contributed by atoms with van der Waals surface area (Å²) in [5.74, 6) is -2.00. The summed E-state index contributed by atoms with van der Waals surface area (Å²) in [6, 6.07) is 1.48. The number of nitrogens with zero attached hydrogens (tertiary/aromatic N) is 2. The lowest BCUT2D eigenvalue weighted by Gasteiger charge is -2.26. The number of amides is 2. The molecule has 1 aromatic heterocycles. The molecular weight excluding hydrogens is 396 g/mol. The summed E-state index contributed by atoms with van der Waals surface area (Å²) in [5.41, 5.74) is 5.51. The summed E-state index contributed by atoms with van der Waals surface area (Å²) in [6.07, 6.45) is 4.16. The number of fused-ring (bicyclic) bond motifs is 1. The second-order valence-electron chi connectivity index (χ2n) is 5.50. The molecule has 0 saturated heterocycles. The molecule has 0 aliphatic carbocycles. The molecular formula is C15H14N4O6S2. The van der Waals surface area contributed by atoms with E-state index in [0.29, 0.717) is 0 Å². The minimum atomic E-state index is -3.48. The van der Waals surface area contributed by atoms with Gasteiger partial charge in [-0.2, -0.15) is 0 Å². The fourth-order valence-electron chi connectivity index (χ4n) is 2.30. The predicted molar refractivity (Wildman–Crippen MR) is 97.6 cm³/mol. The van der Waals surface area contributed by atoms with Crippen molar-refractivity contribution in [2.45, 2.75) is 0 Å². The van der Waals surface area contributed by atoms with Crippen molar-refractivity contribution in [3.8, 4) is 0 Å². The molecule has 0 atom stereocenters. The van der Waals surface area contributed by atoms with Crippen LogP contribution in [0.1, 0.15) is 10.4 Å². The average molecular weight is 410 g/mol. The summed E-state index contributed by atoms with van der Waals surface area (Å²) in [6.45, 7) is -0.396. The molecule has 1 aromatic rings. The molecule has 0 unspecified atom stereocenters. The first-order valence-corrected chi connectivity index (χ1v) is 10.1. The maximum Gasteiger partial charge on any atom is 0.340 e. The summed E-state index contributed by atoms with van der Waals surface area (Å²) in [5, 5.41) is 4.32. The number of anilines is 1. The van der Waals surface area contributed by atoms with E-state index in [-0.39, 0.29) is 34.3 Å². The molecule has 2 aliphatic heterocycles. The Kier molecular flexibility index (Phi) is 5.10. The zero-order chi connectivity index (χ0) is 19.6. The molecule has 2 aliphatic rings. The van der Waals surface area contributed by atoms with Gasteiger partial charge in [-0.3, -0.25) is 9.59 Å². The van der Waals surface area contributed by atoms with Crippen LogP contribution in [0, 0.1) is 0 Å². The van der Waals surface area contributed by atoms with Crippen molar-refractivity contribution in [1.29, 1.82) is 0 Å². The Morgan fingerprint density at radius 1 is 1.33 bits per heavy atom. The number of nitrogens with one attached hydrogen (secondary N) is 1. The van der Waals surface area contributed by atoms with Crippen LogP contribution in [0.5, 0.6) is 0 Å². The maximum absolute atomic E-state index is 12.1. The lowest BCUT2D eigenvalue weighted by Crippen LogP contribution is -2.37. The van der Waals surface area contributed by atoms with Crippen molar-refractivity contribution in [3.05, 3.63) is 40.9 Å². The fourth-order valence-corrected chi connectivity index (χ4v) is 4.08. The van der Waals surface area contributed by atoms with Crippen molar-refractivity contribution in [1.82, 2.24) is 4.90 Å². The zero-order valence-corrected chi connectivity index (χ0v) is 15.4. The molecule has 142 valence electrons. The highest BCUT2D eigenvalue weighted by atomic mass is 32.2. The van der Waals surface area contributed by atoms with Gasteiger partial charge in [-0.15, -0.1) is 15.7 Å². The van der Waals surface area contributed by atoms with Crippen molar-refractivity contribution >= 4 is 50.0 Å². The number of esters is 1. The fraction of sp³-hybridized carbons (Fsp3) is 0.200. The second-order valence-corrected chi connectivity index (χ2v) is 8.17. The van der Waals surface area contributed by atoms with Gasteiger partial charge in [0.2, 0.25) is 0 Å². The topological polar surface area (TPSA) is 148 Å². The van der Waals surface area contributed by atoms with Crippen molar-refractivity contribution in [2.75, 3.05) is 24.2 Å². The van der Waals surface area contributed by atoms with Crippen LogP contribution in [0.25, 0.3) is 0 Å². The Hall–Kier alpha value is -2.99. The minimum absolute atomic E-state index is 0.148. The van der Waals surface area contributed by atoms with Gasteiger partial charge in [-0.25, -0.2) is 13.2 Å². The van der Waals surface area contributed by atoms with E-state index >= 15 is 0 Å². The van der Waals surface area contributed by atoms with Crippen LogP contribution in [0.2, 0.25) is 0 Å². The quantitative estimate of drug-likeness (QED) is 0.640. The lowest BCUT2D eigenvalue weighted by atomic mass is 10.2. The molecule has 0 spiro atoms. The molecule has 10 nitrogen and oxygen atoms in total. The monoisotopic (exact) mass is 410 g/mol. The molecule has 3 N–H and O–H groups in total. The summed E-state index contributed by atoms with van der Waals surface area (Å²) in [7, 11) is -3.48. The normalized spacial score (nSPS) is 17.4. The number of primary amides is 1. The van der Waals surface area contributed by atoms with Gasteiger partial charge in [0, 0.05) is 12.7 Å². The second kappa shape index (κ2) is 7.32. The van der Waals surface area contributed by atoms with E-state index in [1.807, 2.05) is 0 Å². The molecule has 3 rings (SSSR count). The van der Waals surface area contributed by atoms with Gasteiger partial charge in [0.25, 0.3) is 21.8 Å². The van der Waals surface area contributed by atoms with Gasteiger partial charge in [-0.1, -0.05) is 0 Å². The number of rotatable bonds is 5. The average Bonchev–Trinajstić information content (AvgIpc) is 3.07. The standard InChI is InChI=1S/C15H14N4O6S2/c16-13(21)10-3-5-26-14(10)17-12(20)8-25-15(22)9-1-2-11-18-27(23,24)6-4-19(11)7-9/h1-3,5,7H,4,6,8H2,(H2,16,21)(H,17,20). The van der Waals surface area contributed by atoms with Crippen LogP contribution >= 0.6 is 11.3 Å². The Morgan fingerprint density at radius 2 is 2.11 bits per heavy atom. The molecule has 0 radical (unpaired) electrons. The molecule has 3 heterocycles. The summed E-state index contributed by atoms with van der Waals surface area (Å²) < 4.78 is 31.5. The Morgan fingerprint density at radius 3 is 2.85 bits per heavy atom. The number of thiophene rings is 1. The van der Waals surface area contributed by atoms with Crippen molar-refractivity contribution < 1.29 is 27.5 Å². The highest BCUT2D eigenvalue weighted by molar-refractivity contribution is 7.90. The summed E-state index contributed by atoms with van der Waals surface area (Å²) in [4.78, 5) is 36.7. The first kappa shape index (κ1) is 18.8. The number of amidine groups is 1. The van der Waals surface area contributed by atoms with Crippen molar-refractivity contribution in [3.63, 3.8) is 0 Å². The molecule has 0 saturated carbocycles. The smallest absolute Gasteiger partial charge is 0.340 e. The largest absolute Gasteiger partial charge is 0.452 e. The van der Waals surface area contributed by atoms with Gasteiger partial charge in [0.1, 0.15) is 10.8 Å². The summed E-state index contributed by atoms with van der Waals surface area (Å²) >= 11 is 1.12. The molecule has 0 fully saturated rings. The number of sulfonamides is 1. The lowest BCUT2D eigenvalue weighted by molar-refractivity contribution is -0.143. The first-order valence-electron chi connectivity index (χ1n) is 7.58. The van der Waals surface area contributed by atoms with Crippen LogP contribution in [0.15, 0.2) is 39.8 Å². The van der Waals surface area contributed by atoms with E-state index in [9.17, 15) is 22.8 Å². The van der Waals surface area contributed by atoms with E-state index < -0.39 is 34.4 Å². The molecule has 2 amide bonds. The first-order chi connectivity index (χ1) is 12.7. The third kappa shape index (κ3) is 4.41. The van der Waals surface area contributed by atoms with Gasteiger partial charge in [0.05, 0.1) is 16.9 Å². The van der Waals surface area contributed by atoms with E-state index in [4.69, 9.17) is 10.5 Å². The number of hydrogen-bond acceptors (Lipinski definition) is 8. The highest BCUT2D eigenvalue weighted by Gasteiger charge is 2.25. The van der Waals surface area contributed by atoms with Gasteiger partial charge in [0.15, 0.2) is 6.61 Å². The van der Waals surface area contributed by atoms with Gasteiger partial charge < -0.3 is 20.7 Å². The molecule has 0 bridgehead atoms. The van der Waals surface area contributed by atoms with Gasteiger partial charge >= 0.3 is 5.97 Å². The third-order valence-electron chi connectivity index (χ3n) is 3.58. The van der Waals surface area contributed by atoms with E-state index in [1.54, 1.807) is 5.38 Å². The third-order valence-corrected chi connectivity index (χ3v) is 5.57. The Balaban J connectivity index is 1.58. The van der Waals surface area contributed by atoms with E-state index in [0.717, 1.165) is 11.3 Å². The molecule has 0 aromatic carbocycles. The van der Waals surface area contributed by atoms with Gasteiger partial charge in [-0.05, 0) is 23.6 Å². The number of ether oxygens (including phenoxy) is 1. The predicted octanol–water partition coefficient (Wildman–Crippen LogP) is -0.174. The molecule has 12 heteroatoms. The number of nitrogens with two attached hydrogens (primary N) is 1. The Bertz CT molecular complexity index is 1010. The van der Waals surface area contributed by atoms with Crippen LogP contribution in [-0.4, -0.2) is 55.8 Å². The highest BCUT2D eigenvalue weighted by Crippen LogP contribution is 2.22. The Labute approximate surface area is 158 Å². The maximum atomic E-state index is 12.1. The van der Waals surface area contributed by atoms with Crippen LogP contribution in [-0.2, 0) is 24.3 Å². The molecule has 27 heavy (non-hydrogen) atoms. The number of hydrogen-bond donors (Lipinski definition) is 2.